The Kier molecular flexibility index (Phi) is 6.10. The largest absolute Gasteiger partial charge is 1.00 e. The van der Waals surface area contributed by atoms with Crippen LogP contribution >= 0.6 is 7.26 Å². The van der Waals surface area contributed by atoms with Gasteiger partial charge in [-0.05, 0) is 62.1 Å². The van der Waals surface area contributed by atoms with E-state index in [0.717, 1.165) is 5.66 Å². The lowest BCUT2D eigenvalue weighted by atomic mass is 10.3. The number of hydrogen-bond acceptors (Lipinski definition) is 0. The summed E-state index contributed by atoms with van der Waals surface area (Å²) in [5.74, 6) is 0. The van der Waals surface area contributed by atoms with E-state index in [9.17, 15) is 0 Å². The Morgan fingerprint density at radius 2 is 0.840 bits per heavy atom. The van der Waals surface area contributed by atoms with E-state index >= 15 is 0 Å². The SMILES string of the molecule is [Br-].c1ccc([P+](c2ccccc2)(c2ccccc2)C2CCCC2)cc1. The molecule has 1 aliphatic rings. The van der Waals surface area contributed by atoms with E-state index in [1.165, 1.54) is 41.6 Å². The summed E-state index contributed by atoms with van der Waals surface area (Å²) in [5, 5.41) is 4.61. The molecule has 1 aliphatic carbocycles. The molecule has 0 bridgehead atoms. The van der Waals surface area contributed by atoms with Crippen molar-refractivity contribution in [1.29, 1.82) is 0 Å². The minimum atomic E-state index is -1.60. The van der Waals surface area contributed by atoms with Gasteiger partial charge in [0.1, 0.15) is 23.2 Å². The molecule has 0 spiro atoms. The summed E-state index contributed by atoms with van der Waals surface area (Å²) in [7, 11) is -1.60. The molecule has 1 saturated carbocycles. The standard InChI is InChI=1S/C23H24P.BrH/c1-4-12-20(13-5-1)24(23-18-10-11-19-23,21-14-6-2-7-15-21)22-16-8-3-9-17-22;/h1-9,12-17,23H,10-11,18-19H2;1H/q+1;/p-1. The second-order valence-electron chi connectivity index (χ2n) is 6.67. The molecular weight excluding hydrogens is 387 g/mol. The molecule has 0 atom stereocenters. The summed E-state index contributed by atoms with van der Waals surface area (Å²) >= 11 is 0. The van der Waals surface area contributed by atoms with Gasteiger partial charge in [0.05, 0.1) is 5.66 Å². The van der Waals surface area contributed by atoms with Gasteiger partial charge in [0.25, 0.3) is 0 Å². The Bertz CT molecular complexity index is 668. The van der Waals surface area contributed by atoms with Crippen LogP contribution in [0.15, 0.2) is 91.0 Å². The van der Waals surface area contributed by atoms with Gasteiger partial charge in [-0.15, -0.1) is 0 Å². The summed E-state index contributed by atoms with van der Waals surface area (Å²) in [6.45, 7) is 0. The fourth-order valence-electron chi connectivity index (χ4n) is 4.36. The zero-order valence-electron chi connectivity index (χ0n) is 14.4. The van der Waals surface area contributed by atoms with Crippen LogP contribution in [0.2, 0.25) is 0 Å². The van der Waals surface area contributed by atoms with Crippen molar-refractivity contribution in [2.24, 2.45) is 0 Å². The quantitative estimate of drug-likeness (QED) is 0.576. The maximum Gasteiger partial charge on any atom is 0.115 e. The molecule has 0 heterocycles. The maximum absolute atomic E-state index is 2.37. The zero-order valence-corrected chi connectivity index (χ0v) is 16.9. The monoisotopic (exact) mass is 410 g/mol. The molecule has 4 rings (SSSR count). The highest BCUT2D eigenvalue weighted by molar-refractivity contribution is 7.96. The van der Waals surface area contributed by atoms with Crippen LogP contribution in [0.4, 0.5) is 0 Å². The van der Waals surface area contributed by atoms with Gasteiger partial charge >= 0.3 is 0 Å². The summed E-state index contributed by atoms with van der Waals surface area (Å²) in [6.07, 6.45) is 5.46. The molecule has 0 saturated heterocycles. The summed E-state index contributed by atoms with van der Waals surface area (Å²) < 4.78 is 0. The van der Waals surface area contributed by atoms with E-state index < -0.39 is 7.26 Å². The summed E-state index contributed by atoms with van der Waals surface area (Å²) in [5.41, 5.74) is 0.768. The van der Waals surface area contributed by atoms with E-state index in [2.05, 4.69) is 91.0 Å². The fraction of sp³-hybridized carbons (Fsp3) is 0.217. The van der Waals surface area contributed by atoms with Gasteiger partial charge in [0, 0.05) is 0 Å². The van der Waals surface area contributed by atoms with Gasteiger partial charge in [0.2, 0.25) is 0 Å². The van der Waals surface area contributed by atoms with E-state index in [1.807, 2.05) is 0 Å². The summed E-state index contributed by atoms with van der Waals surface area (Å²) in [6, 6.07) is 33.9. The van der Waals surface area contributed by atoms with E-state index in [0.29, 0.717) is 0 Å². The molecule has 128 valence electrons. The van der Waals surface area contributed by atoms with Gasteiger partial charge in [-0.1, -0.05) is 54.6 Å². The topological polar surface area (TPSA) is 0 Å². The first kappa shape index (κ1) is 18.4. The van der Waals surface area contributed by atoms with Crippen LogP contribution in [0.5, 0.6) is 0 Å². The predicted molar refractivity (Wildman–Crippen MR) is 107 cm³/mol. The Morgan fingerprint density at radius 3 is 1.16 bits per heavy atom. The molecule has 3 aromatic carbocycles. The Balaban J connectivity index is 0.00000182. The van der Waals surface area contributed by atoms with Crippen molar-refractivity contribution in [1.82, 2.24) is 0 Å². The van der Waals surface area contributed by atoms with Gasteiger partial charge < -0.3 is 17.0 Å². The third-order valence-electron chi connectivity index (χ3n) is 5.36. The van der Waals surface area contributed by atoms with Crippen LogP contribution in [0.25, 0.3) is 0 Å². The second kappa shape index (κ2) is 8.30. The van der Waals surface area contributed by atoms with Crippen LogP contribution in [-0.2, 0) is 0 Å². The lowest BCUT2D eigenvalue weighted by Crippen LogP contribution is -3.00. The molecule has 3 aromatic rings. The van der Waals surface area contributed by atoms with E-state index in [-0.39, 0.29) is 17.0 Å². The molecule has 1 fully saturated rings. The highest BCUT2D eigenvalue weighted by atomic mass is 79.9. The van der Waals surface area contributed by atoms with Gasteiger partial charge in [-0.25, -0.2) is 0 Å². The van der Waals surface area contributed by atoms with Crippen LogP contribution in [-0.4, -0.2) is 5.66 Å². The number of benzene rings is 3. The first-order valence-electron chi connectivity index (χ1n) is 8.98. The maximum atomic E-state index is 2.37. The lowest BCUT2D eigenvalue weighted by molar-refractivity contribution is -0.00000464. The van der Waals surface area contributed by atoms with Crippen molar-refractivity contribution < 1.29 is 17.0 Å². The van der Waals surface area contributed by atoms with Gasteiger partial charge in [-0.3, -0.25) is 0 Å². The number of halogens is 1. The molecule has 0 aliphatic heterocycles. The van der Waals surface area contributed by atoms with Crippen LogP contribution in [0.3, 0.4) is 0 Å². The molecule has 0 aromatic heterocycles. The zero-order chi connectivity index (χ0) is 16.2. The third-order valence-corrected chi connectivity index (χ3v) is 10.3. The highest BCUT2D eigenvalue weighted by Gasteiger charge is 2.52. The predicted octanol–water partition coefficient (Wildman–Crippen LogP) is 1.93. The first-order valence-corrected chi connectivity index (χ1v) is 10.8. The molecule has 2 heteroatoms. The second-order valence-corrected chi connectivity index (χ2v) is 10.4. The molecule has 0 unspecified atom stereocenters. The van der Waals surface area contributed by atoms with Crippen molar-refractivity contribution in [2.45, 2.75) is 31.3 Å². The molecule has 0 amide bonds. The highest BCUT2D eigenvalue weighted by Crippen LogP contribution is 2.63. The van der Waals surface area contributed by atoms with Crippen LogP contribution in [0, 0.1) is 0 Å². The van der Waals surface area contributed by atoms with Crippen molar-refractivity contribution in [3.05, 3.63) is 91.0 Å². The van der Waals surface area contributed by atoms with Gasteiger partial charge in [0.15, 0.2) is 0 Å². The molecule has 0 nitrogen and oxygen atoms in total. The average Bonchev–Trinajstić information content (AvgIpc) is 3.20. The minimum Gasteiger partial charge on any atom is -1.00 e. The smallest absolute Gasteiger partial charge is 0.115 e. The molecule has 0 radical (unpaired) electrons. The Labute approximate surface area is 162 Å². The van der Waals surface area contributed by atoms with Crippen molar-refractivity contribution >= 4 is 23.2 Å². The Morgan fingerprint density at radius 1 is 0.520 bits per heavy atom. The molecule has 0 N–H and O–H groups in total. The lowest BCUT2D eigenvalue weighted by Gasteiger charge is -2.32. The number of hydrogen-bond donors (Lipinski definition) is 0. The fourth-order valence-corrected chi connectivity index (χ4v) is 9.59. The third kappa shape index (κ3) is 3.33. The van der Waals surface area contributed by atoms with E-state index in [1.54, 1.807) is 0 Å². The van der Waals surface area contributed by atoms with Crippen molar-refractivity contribution in [2.75, 3.05) is 0 Å². The average molecular weight is 411 g/mol. The summed E-state index contributed by atoms with van der Waals surface area (Å²) in [4.78, 5) is 0. The van der Waals surface area contributed by atoms with Crippen LogP contribution in [0.1, 0.15) is 25.7 Å². The Hall–Kier alpha value is -1.43. The van der Waals surface area contributed by atoms with Crippen molar-refractivity contribution in [3.8, 4) is 0 Å². The minimum absolute atomic E-state index is 0. The van der Waals surface area contributed by atoms with Gasteiger partial charge in [-0.2, -0.15) is 0 Å². The molecule has 25 heavy (non-hydrogen) atoms. The molecular formula is C23H24BrP. The normalized spacial score (nSPS) is 14.9. The first-order chi connectivity index (χ1) is 11.9. The van der Waals surface area contributed by atoms with Crippen LogP contribution < -0.4 is 32.9 Å². The van der Waals surface area contributed by atoms with Crippen molar-refractivity contribution in [3.63, 3.8) is 0 Å². The number of rotatable bonds is 4. The van der Waals surface area contributed by atoms with E-state index in [4.69, 9.17) is 0 Å².